The van der Waals surface area contributed by atoms with Gasteiger partial charge < -0.3 is 14.8 Å². The molecule has 0 aliphatic carbocycles. The molecule has 0 unspecified atom stereocenters. The zero-order valence-corrected chi connectivity index (χ0v) is 14.0. The fraction of sp³-hybridized carbons (Fsp3) is 0.263. The summed E-state index contributed by atoms with van der Waals surface area (Å²) < 4.78 is 22.8. The molecule has 132 valence electrons. The number of aryl methyl sites for hydroxylation is 1. The summed E-state index contributed by atoms with van der Waals surface area (Å²) in [6.07, 6.45) is 0.720. The van der Waals surface area contributed by atoms with Gasteiger partial charge in [-0.1, -0.05) is 24.3 Å². The Morgan fingerprint density at radius 1 is 1.00 bits per heavy atom. The van der Waals surface area contributed by atoms with Crippen molar-refractivity contribution in [1.29, 1.82) is 0 Å². The molecule has 1 N–H and O–H groups in total. The molecule has 25 heavy (non-hydrogen) atoms. The fourth-order valence-electron chi connectivity index (χ4n) is 2.11. The summed E-state index contributed by atoms with van der Waals surface area (Å²) >= 11 is 0. The number of benzene rings is 2. The van der Waals surface area contributed by atoms with E-state index in [0.29, 0.717) is 6.42 Å². The molecule has 1 amide bonds. The van der Waals surface area contributed by atoms with Crippen LogP contribution in [-0.4, -0.2) is 25.6 Å². The van der Waals surface area contributed by atoms with Gasteiger partial charge in [-0.15, -0.1) is 0 Å². The number of carbonyl (C=O) groups is 2. The lowest BCUT2D eigenvalue weighted by Gasteiger charge is -2.07. The zero-order chi connectivity index (χ0) is 18.1. The molecular weight excluding hydrogens is 325 g/mol. The van der Waals surface area contributed by atoms with Crippen LogP contribution in [0.1, 0.15) is 17.5 Å². The molecule has 0 atom stereocenters. The van der Waals surface area contributed by atoms with E-state index in [2.05, 4.69) is 5.32 Å². The van der Waals surface area contributed by atoms with Crippen molar-refractivity contribution >= 4 is 11.9 Å². The smallest absolute Gasteiger partial charge is 0.306 e. The molecule has 2 aromatic rings. The highest BCUT2D eigenvalue weighted by Gasteiger charge is 2.08. The number of methoxy groups -OCH3 is 1. The van der Waals surface area contributed by atoms with E-state index in [1.54, 1.807) is 19.2 Å². The van der Waals surface area contributed by atoms with Gasteiger partial charge in [0.25, 0.3) is 5.91 Å². The van der Waals surface area contributed by atoms with E-state index in [4.69, 9.17) is 9.47 Å². The summed E-state index contributed by atoms with van der Waals surface area (Å²) in [7, 11) is 1.59. The lowest BCUT2D eigenvalue weighted by molar-refractivity contribution is -0.148. The van der Waals surface area contributed by atoms with E-state index >= 15 is 0 Å². The highest BCUT2D eigenvalue weighted by molar-refractivity contribution is 5.80. The van der Waals surface area contributed by atoms with Crippen LogP contribution in [0.5, 0.6) is 5.75 Å². The largest absolute Gasteiger partial charge is 0.497 e. The van der Waals surface area contributed by atoms with Crippen molar-refractivity contribution in [3.63, 3.8) is 0 Å². The molecule has 0 fully saturated rings. The third-order valence-corrected chi connectivity index (χ3v) is 3.54. The average Bonchev–Trinajstić information content (AvgIpc) is 2.64. The number of esters is 1. The molecule has 6 heteroatoms. The Morgan fingerprint density at radius 2 is 1.64 bits per heavy atom. The third kappa shape index (κ3) is 6.63. The van der Waals surface area contributed by atoms with E-state index in [-0.39, 0.29) is 25.4 Å². The molecular formula is C19H20FNO4. The van der Waals surface area contributed by atoms with Gasteiger partial charge in [0.05, 0.1) is 7.11 Å². The van der Waals surface area contributed by atoms with E-state index < -0.39 is 11.9 Å². The number of hydrogen-bond acceptors (Lipinski definition) is 4. The molecule has 0 aliphatic rings. The predicted octanol–water partition coefficient (Wildman–Crippen LogP) is 2.63. The Labute approximate surface area is 145 Å². The van der Waals surface area contributed by atoms with Crippen molar-refractivity contribution in [2.24, 2.45) is 0 Å². The molecule has 0 aromatic heterocycles. The highest BCUT2D eigenvalue weighted by atomic mass is 19.1. The predicted molar refractivity (Wildman–Crippen MR) is 90.5 cm³/mol. The summed E-state index contributed by atoms with van der Waals surface area (Å²) in [6.45, 7) is -0.0782. The maximum absolute atomic E-state index is 12.8. The van der Waals surface area contributed by atoms with Gasteiger partial charge in [0.1, 0.15) is 11.6 Å². The van der Waals surface area contributed by atoms with Crippen LogP contribution in [0.4, 0.5) is 4.39 Å². The van der Waals surface area contributed by atoms with Crippen molar-refractivity contribution in [2.45, 2.75) is 19.4 Å². The van der Waals surface area contributed by atoms with Gasteiger partial charge in [-0.05, 0) is 41.8 Å². The number of ether oxygens (including phenoxy) is 2. The first kappa shape index (κ1) is 18.4. The fourth-order valence-corrected chi connectivity index (χ4v) is 2.11. The standard InChI is InChI=1S/C19H20FNO4/c1-24-17-9-4-14(5-10-17)6-11-19(23)25-13-18(22)21-12-15-2-7-16(20)8-3-15/h2-5,7-10H,6,11-13H2,1H3,(H,21,22). The van der Waals surface area contributed by atoms with Crippen LogP contribution in [0, 0.1) is 5.82 Å². The van der Waals surface area contributed by atoms with Gasteiger partial charge in [-0.25, -0.2) is 4.39 Å². The maximum Gasteiger partial charge on any atom is 0.306 e. The monoisotopic (exact) mass is 345 g/mol. The number of hydrogen-bond donors (Lipinski definition) is 1. The topological polar surface area (TPSA) is 64.6 Å². The van der Waals surface area contributed by atoms with Crippen molar-refractivity contribution < 1.29 is 23.5 Å². The Hall–Kier alpha value is -2.89. The molecule has 0 saturated heterocycles. The lowest BCUT2D eigenvalue weighted by atomic mass is 10.1. The van der Waals surface area contributed by atoms with Crippen molar-refractivity contribution in [2.75, 3.05) is 13.7 Å². The number of amides is 1. The zero-order valence-electron chi connectivity index (χ0n) is 14.0. The second-order valence-electron chi connectivity index (χ2n) is 5.41. The quantitative estimate of drug-likeness (QED) is 0.747. The molecule has 0 heterocycles. The molecule has 5 nitrogen and oxygen atoms in total. The Bertz CT molecular complexity index is 698. The Balaban J connectivity index is 1.64. The van der Waals surface area contributed by atoms with Crippen LogP contribution in [0.15, 0.2) is 48.5 Å². The van der Waals surface area contributed by atoms with Crippen LogP contribution in [0.2, 0.25) is 0 Å². The second kappa shape index (κ2) is 9.42. The first-order valence-corrected chi connectivity index (χ1v) is 7.86. The van der Waals surface area contributed by atoms with Crippen molar-refractivity contribution in [1.82, 2.24) is 5.32 Å². The highest BCUT2D eigenvalue weighted by Crippen LogP contribution is 2.12. The van der Waals surface area contributed by atoms with Crippen molar-refractivity contribution in [3.05, 3.63) is 65.5 Å². The minimum atomic E-state index is -0.437. The SMILES string of the molecule is COc1ccc(CCC(=O)OCC(=O)NCc2ccc(F)cc2)cc1. The summed E-state index contributed by atoms with van der Waals surface area (Å²) in [5, 5.41) is 2.61. The molecule has 2 rings (SSSR count). The number of halogens is 1. The van der Waals surface area contributed by atoms with Gasteiger partial charge in [-0.2, -0.15) is 0 Å². The average molecular weight is 345 g/mol. The summed E-state index contributed by atoms with van der Waals surface area (Å²) in [5.74, 6) is -0.417. The van der Waals surface area contributed by atoms with Gasteiger partial charge in [0.2, 0.25) is 0 Å². The Kier molecular flexibility index (Phi) is 6.95. The molecule has 0 radical (unpaired) electrons. The third-order valence-electron chi connectivity index (χ3n) is 3.54. The van der Waals surface area contributed by atoms with Crippen molar-refractivity contribution in [3.8, 4) is 5.75 Å². The Morgan fingerprint density at radius 3 is 2.28 bits per heavy atom. The van der Waals surface area contributed by atoms with Gasteiger partial charge >= 0.3 is 5.97 Å². The van der Waals surface area contributed by atoms with Crippen LogP contribution >= 0.6 is 0 Å². The molecule has 0 bridgehead atoms. The lowest BCUT2D eigenvalue weighted by Crippen LogP contribution is -2.28. The van der Waals surface area contributed by atoms with Crippen LogP contribution in [-0.2, 0) is 27.3 Å². The number of rotatable bonds is 8. The first-order chi connectivity index (χ1) is 12.1. The number of nitrogens with one attached hydrogen (secondary N) is 1. The van der Waals surface area contributed by atoms with Crippen LogP contribution < -0.4 is 10.1 Å². The summed E-state index contributed by atoms with van der Waals surface area (Å²) in [5.41, 5.74) is 1.75. The number of carbonyl (C=O) groups excluding carboxylic acids is 2. The van der Waals surface area contributed by atoms with E-state index in [9.17, 15) is 14.0 Å². The summed E-state index contributed by atoms with van der Waals surface area (Å²) in [4.78, 5) is 23.3. The normalized spacial score (nSPS) is 10.2. The molecule has 0 spiro atoms. The minimum Gasteiger partial charge on any atom is -0.497 e. The molecule has 0 saturated carbocycles. The van der Waals surface area contributed by atoms with E-state index in [1.807, 2.05) is 24.3 Å². The van der Waals surface area contributed by atoms with Gasteiger partial charge in [0, 0.05) is 13.0 Å². The second-order valence-corrected chi connectivity index (χ2v) is 5.41. The maximum atomic E-state index is 12.8. The first-order valence-electron chi connectivity index (χ1n) is 7.86. The summed E-state index contributed by atoms with van der Waals surface area (Å²) in [6, 6.07) is 13.2. The van der Waals surface area contributed by atoms with E-state index in [0.717, 1.165) is 16.9 Å². The molecule has 0 aliphatic heterocycles. The van der Waals surface area contributed by atoms with Crippen LogP contribution in [0.25, 0.3) is 0 Å². The molecule has 2 aromatic carbocycles. The van der Waals surface area contributed by atoms with Crippen LogP contribution in [0.3, 0.4) is 0 Å². The van der Waals surface area contributed by atoms with E-state index in [1.165, 1.54) is 12.1 Å². The van der Waals surface area contributed by atoms with Gasteiger partial charge in [-0.3, -0.25) is 9.59 Å². The van der Waals surface area contributed by atoms with Gasteiger partial charge in [0.15, 0.2) is 6.61 Å². The minimum absolute atomic E-state index is 0.192.